The first kappa shape index (κ1) is 16.5. The van der Waals surface area contributed by atoms with Gasteiger partial charge in [-0.15, -0.1) is 16.9 Å². The van der Waals surface area contributed by atoms with E-state index in [1.54, 1.807) is 11.8 Å². The molecule has 1 aromatic heterocycles. The molecule has 4 aromatic rings. The van der Waals surface area contributed by atoms with Gasteiger partial charge in [-0.25, -0.2) is 0 Å². The number of hydrogen-bond donors (Lipinski definition) is 0. The predicted molar refractivity (Wildman–Crippen MR) is 104 cm³/mol. The number of thioether (sulfide) groups is 1. The summed E-state index contributed by atoms with van der Waals surface area (Å²) in [5.41, 5.74) is 2.60. The van der Waals surface area contributed by atoms with Crippen molar-refractivity contribution in [2.75, 3.05) is 0 Å². The fourth-order valence-corrected chi connectivity index (χ4v) is 4.02. The Balaban J connectivity index is 1.63. The molecule has 0 amide bonds. The van der Waals surface area contributed by atoms with E-state index < -0.39 is 0 Å². The molecule has 4 nitrogen and oxygen atoms in total. The van der Waals surface area contributed by atoms with E-state index in [-0.39, 0.29) is 11.2 Å². The lowest BCUT2D eigenvalue weighted by molar-refractivity contribution is 0.0889. The molecular weight excluding hydrogens is 342 g/mol. The zero-order valence-corrected chi connectivity index (χ0v) is 14.8. The maximum Gasteiger partial charge on any atom is 0.250 e. The second-order valence-electron chi connectivity index (χ2n) is 5.92. The van der Waals surface area contributed by atoms with Crippen LogP contribution in [0.1, 0.15) is 22.0 Å². The van der Waals surface area contributed by atoms with E-state index in [0.29, 0.717) is 6.42 Å². The molecule has 0 aliphatic carbocycles. The Morgan fingerprint density at radius 3 is 2.31 bits per heavy atom. The Bertz CT molecular complexity index is 1020. The van der Waals surface area contributed by atoms with Crippen molar-refractivity contribution in [1.29, 1.82) is 0 Å². The SMILES string of the molecule is O=C(CC(Sc1ccccc1)c1ccccc1)n1nnc2ccccc21. The summed E-state index contributed by atoms with van der Waals surface area (Å²) in [4.78, 5) is 14.1. The monoisotopic (exact) mass is 359 g/mol. The van der Waals surface area contributed by atoms with Crippen molar-refractivity contribution in [3.8, 4) is 0 Å². The lowest BCUT2D eigenvalue weighted by Crippen LogP contribution is -2.15. The van der Waals surface area contributed by atoms with E-state index in [4.69, 9.17) is 0 Å². The number of rotatable bonds is 5. The highest BCUT2D eigenvalue weighted by molar-refractivity contribution is 7.99. The summed E-state index contributed by atoms with van der Waals surface area (Å²) in [6.45, 7) is 0. The van der Waals surface area contributed by atoms with Crippen molar-refractivity contribution >= 4 is 28.7 Å². The Morgan fingerprint density at radius 1 is 0.885 bits per heavy atom. The third-order valence-corrected chi connectivity index (χ3v) is 5.41. The second kappa shape index (κ2) is 7.54. The van der Waals surface area contributed by atoms with Gasteiger partial charge < -0.3 is 0 Å². The number of aromatic nitrogens is 3. The number of para-hydroxylation sites is 1. The largest absolute Gasteiger partial charge is 0.272 e. The lowest BCUT2D eigenvalue weighted by atomic mass is 10.1. The zero-order chi connectivity index (χ0) is 17.8. The topological polar surface area (TPSA) is 47.8 Å². The summed E-state index contributed by atoms with van der Waals surface area (Å²) >= 11 is 1.69. The summed E-state index contributed by atoms with van der Waals surface area (Å²) < 4.78 is 1.41. The molecule has 0 aliphatic rings. The molecule has 0 saturated heterocycles. The van der Waals surface area contributed by atoms with Crippen molar-refractivity contribution in [2.45, 2.75) is 16.6 Å². The molecule has 128 valence electrons. The molecule has 26 heavy (non-hydrogen) atoms. The summed E-state index contributed by atoms with van der Waals surface area (Å²) in [5.74, 6) is -0.0593. The standard InChI is InChI=1S/C21H17N3OS/c25-21(24-19-14-8-7-13-18(19)22-23-24)15-20(16-9-3-1-4-10-16)26-17-11-5-2-6-12-17/h1-14,20H,15H2. The minimum Gasteiger partial charge on any atom is -0.272 e. The summed E-state index contributed by atoms with van der Waals surface area (Å²) in [7, 11) is 0. The highest BCUT2D eigenvalue weighted by Crippen LogP contribution is 2.38. The van der Waals surface area contributed by atoms with E-state index >= 15 is 0 Å². The first-order valence-electron chi connectivity index (χ1n) is 8.41. The van der Waals surface area contributed by atoms with Crippen LogP contribution in [0.2, 0.25) is 0 Å². The van der Waals surface area contributed by atoms with Gasteiger partial charge in [0.25, 0.3) is 0 Å². The second-order valence-corrected chi connectivity index (χ2v) is 7.19. The first-order valence-corrected chi connectivity index (χ1v) is 9.29. The Hall–Kier alpha value is -2.92. The predicted octanol–water partition coefficient (Wildman–Crippen LogP) is 5.00. The molecule has 1 unspecified atom stereocenters. The van der Waals surface area contributed by atoms with Crippen molar-refractivity contribution in [2.24, 2.45) is 0 Å². The number of carbonyl (C=O) groups excluding carboxylic acids is 1. The van der Waals surface area contributed by atoms with Gasteiger partial charge in [-0.05, 0) is 29.8 Å². The van der Waals surface area contributed by atoms with Gasteiger partial charge in [0.05, 0.1) is 5.52 Å². The normalized spacial score (nSPS) is 12.2. The maximum absolute atomic E-state index is 12.9. The Morgan fingerprint density at radius 2 is 1.54 bits per heavy atom. The molecule has 0 spiro atoms. The van der Waals surface area contributed by atoms with Crippen molar-refractivity contribution in [1.82, 2.24) is 15.0 Å². The summed E-state index contributed by atoms with van der Waals surface area (Å²) in [5, 5.41) is 8.15. The fourth-order valence-electron chi connectivity index (χ4n) is 2.86. The van der Waals surface area contributed by atoms with Crippen LogP contribution in [0.15, 0.2) is 89.8 Å². The van der Waals surface area contributed by atoms with E-state index in [0.717, 1.165) is 21.5 Å². The molecule has 3 aromatic carbocycles. The van der Waals surface area contributed by atoms with Crippen LogP contribution in [0.25, 0.3) is 11.0 Å². The van der Waals surface area contributed by atoms with Crippen LogP contribution < -0.4 is 0 Å². The average molecular weight is 359 g/mol. The summed E-state index contributed by atoms with van der Waals surface area (Å²) in [6, 6.07) is 27.8. The Kier molecular flexibility index (Phi) is 4.80. The summed E-state index contributed by atoms with van der Waals surface area (Å²) in [6.07, 6.45) is 0.344. The molecule has 1 heterocycles. The van der Waals surface area contributed by atoms with Gasteiger partial charge in [-0.3, -0.25) is 4.79 Å². The van der Waals surface area contributed by atoms with Crippen molar-refractivity contribution in [3.05, 3.63) is 90.5 Å². The first-order chi connectivity index (χ1) is 12.8. The van der Waals surface area contributed by atoms with Gasteiger partial charge in [-0.1, -0.05) is 65.9 Å². The van der Waals surface area contributed by atoms with Crippen LogP contribution in [0.3, 0.4) is 0 Å². The van der Waals surface area contributed by atoms with E-state index in [1.165, 1.54) is 4.68 Å². The molecule has 0 fully saturated rings. The molecule has 0 saturated carbocycles. The number of carbonyl (C=O) groups is 1. The van der Waals surface area contributed by atoms with Gasteiger partial charge >= 0.3 is 0 Å². The van der Waals surface area contributed by atoms with Crippen LogP contribution >= 0.6 is 11.8 Å². The number of hydrogen-bond acceptors (Lipinski definition) is 4. The third-order valence-electron chi connectivity index (χ3n) is 4.14. The molecular formula is C21H17N3OS. The van der Waals surface area contributed by atoms with Crippen molar-refractivity contribution in [3.63, 3.8) is 0 Å². The number of benzene rings is 3. The van der Waals surface area contributed by atoms with Gasteiger partial charge in [0.15, 0.2) is 0 Å². The number of fused-ring (bicyclic) bond motifs is 1. The molecule has 0 bridgehead atoms. The maximum atomic E-state index is 12.9. The van der Waals surface area contributed by atoms with Gasteiger partial charge in [-0.2, -0.15) is 4.68 Å². The highest BCUT2D eigenvalue weighted by Gasteiger charge is 2.20. The lowest BCUT2D eigenvalue weighted by Gasteiger charge is -2.16. The van der Waals surface area contributed by atoms with Crippen LogP contribution in [0.5, 0.6) is 0 Å². The van der Waals surface area contributed by atoms with Crippen LogP contribution in [-0.4, -0.2) is 20.9 Å². The van der Waals surface area contributed by atoms with E-state index in [1.807, 2.05) is 60.7 Å². The fraction of sp³-hybridized carbons (Fsp3) is 0.0952. The van der Waals surface area contributed by atoms with Gasteiger partial charge in [0.2, 0.25) is 5.91 Å². The van der Waals surface area contributed by atoms with Gasteiger partial charge in [0.1, 0.15) is 5.52 Å². The molecule has 0 radical (unpaired) electrons. The number of nitrogens with zero attached hydrogens (tertiary/aromatic N) is 3. The minimum absolute atomic E-state index is 0.00839. The van der Waals surface area contributed by atoms with Crippen LogP contribution in [0, 0.1) is 0 Å². The molecule has 0 aliphatic heterocycles. The zero-order valence-electron chi connectivity index (χ0n) is 14.0. The highest BCUT2D eigenvalue weighted by atomic mass is 32.2. The quantitative estimate of drug-likeness (QED) is 0.471. The molecule has 5 heteroatoms. The Labute approximate surface area is 155 Å². The molecule has 0 N–H and O–H groups in total. The van der Waals surface area contributed by atoms with Crippen molar-refractivity contribution < 1.29 is 4.79 Å². The van der Waals surface area contributed by atoms with Crippen LogP contribution in [-0.2, 0) is 0 Å². The van der Waals surface area contributed by atoms with E-state index in [2.05, 4.69) is 34.6 Å². The van der Waals surface area contributed by atoms with Crippen LogP contribution in [0.4, 0.5) is 0 Å². The smallest absolute Gasteiger partial charge is 0.250 e. The molecule has 4 rings (SSSR count). The molecule has 1 atom stereocenters. The average Bonchev–Trinajstić information content (AvgIpc) is 3.13. The third kappa shape index (κ3) is 3.53. The van der Waals surface area contributed by atoms with Gasteiger partial charge in [0, 0.05) is 16.6 Å². The van der Waals surface area contributed by atoms with E-state index in [9.17, 15) is 4.79 Å². The minimum atomic E-state index is -0.0593.